The Kier molecular flexibility index (Phi) is 3.14. The molecule has 0 saturated carbocycles. The average Bonchev–Trinajstić information content (AvgIpc) is 2.91. The summed E-state index contributed by atoms with van der Waals surface area (Å²) in [4.78, 5) is 10.2. The van der Waals surface area contributed by atoms with E-state index in [1.54, 1.807) is 16.6 Å². The average molecular weight is 330 g/mol. The number of aliphatic hydroxyl groups excluding tert-OH is 1. The fourth-order valence-electron chi connectivity index (χ4n) is 2.54. The van der Waals surface area contributed by atoms with Crippen LogP contribution in [-0.2, 0) is 7.05 Å². The van der Waals surface area contributed by atoms with Gasteiger partial charge < -0.3 is 10.0 Å². The van der Waals surface area contributed by atoms with Gasteiger partial charge in [0.25, 0.3) is 0 Å². The molecule has 1 fully saturated rings. The largest absolute Gasteiger partial charge is 0.394 e. The first-order valence-corrected chi connectivity index (χ1v) is 6.76. The molecule has 0 radical (unpaired) electrons. The van der Waals surface area contributed by atoms with Crippen LogP contribution in [0.25, 0.3) is 11.0 Å². The highest BCUT2D eigenvalue weighted by Crippen LogP contribution is 2.33. The monoisotopic (exact) mass is 329 g/mol. The van der Waals surface area contributed by atoms with Gasteiger partial charge in [-0.25, -0.2) is 19.0 Å². The molecule has 3 rings (SSSR count). The first-order valence-electron chi connectivity index (χ1n) is 5.96. The minimum absolute atomic E-state index is 0.0935. The van der Waals surface area contributed by atoms with E-state index in [1.165, 1.54) is 6.33 Å². The lowest BCUT2D eigenvalue weighted by Gasteiger charge is -2.23. The maximum atomic E-state index is 13.6. The quantitative estimate of drug-likeness (QED) is 0.891. The van der Waals surface area contributed by atoms with Crippen molar-refractivity contribution in [3.8, 4) is 0 Å². The number of anilines is 1. The molecule has 2 aromatic heterocycles. The van der Waals surface area contributed by atoms with Crippen molar-refractivity contribution in [1.82, 2.24) is 19.7 Å². The van der Waals surface area contributed by atoms with Crippen molar-refractivity contribution < 1.29 is 9.50 Å². The van der Waals surface area contributed by atoms with E-state index in [0.29, 0.717) is 22.5 Å². The minimum Gasteiger partial charge on any atom is -0.394 e. The molecule has 19 heavy (non-hydrogen) atoms. The summed E-state index contributed by atoms with van der Waals surface area (Å²) in [5.41, 5.74) is 0.677. The summed E-state index contributed by atoms with van der Waals surface area (Å²) in [6.07, 6.45) is 0.809. The molecule has 2 atom stereocenters. The molecule has 0 aliphatic carbocycles. The second-order valence-electron chi connectivity index (χ2n) is 4.63. The molecule has 0 spiro atoms. The van der Waals surface area contributed by atoms with Crippen LogP contribution >= 0.6 is 15.9 Å². The summed E-state index contributed by atoms with van der Waals surface area (Å²) >= 11 is 3.38. The lowest BCUT2D eigenvalue weighted by atomic mass is 10.2. The van der Waals surface area contributed by atoms with Gasteiger partial charge in [-0.15, -0.1) is 0 Å². The first kappa shape index (κ1) is 12.7. The molecule has 1 aliphatic rings. The highest BCUT2D eigenvalue weighted by molar-refractivity contribution is 9.10. The molecule has 0 amide bonds. The zero-order chi connectivity index (χ0) is 13.6. The zero-order valence-electron chi connectivity index (χ0n) is 10.3. The molecule has 6 nitrogen and oxygen atoms in total. The zero-order valence-corrected chi connectivity index (χ0v) is 11.9. The van der Waals surface area contributed by atoms with Crippen LogP contribution in [0.15, 0.2) is 10.9 Å². The summed E-state index contributed by atoms with van der Waals surface area (Å²) in [5.74, 6) is 0.615. The molecular formula is C11H13BrFN5O. The predicted molar refractivity (Wildman–Crippen MR) is 71.7 cm³/mol. The normalized spacial score (nSPS) is 23.5. The number of aromatic nitrogens is 4. The Labute approximate surface area is 117 Å². The summed E-state index contributed by atoms with van der Waals surface area (Å²) in [7, 11) is 1.79. The van der Waals surface area contributed by atoms with Gasteiger partial charge in [-0.3, -0.25) is 0 Å². The second kappa shape index (κ2) is 4.68. The highest BCUT2D eigenvalue weighted by Gasteiger charge is 2.34. The van der Waals surface area contributed by atoms with Crippen molar-refractivity contribution >= 4 is 32.8 Å². The Morgan fingerprint density at radius 1 is 1.53 bits per heavy atom. The third kappa shape index (κ3) is 1.99. The van der Waals surface area contributed by atoms with Crippen molar-refractivity contribution in [1.29, 1.82) is 0 Å². The Morgan fingerprint density at radius 3 is 3.05 bits per heavy atom. The van der Waals surface area contributed by atoms with Gasteiger partial charge in [0.2, 0.25) is 0 Å². The first-order chi connectivity index (χ1) is 9.11. The van der Waals surface area contributed by atoms with Crippen LogP contribution in [0.1, 0.15) is 6.42 Å². The minimum atomic E-state index is -0.947. The van der Waals surface area contributed by atoms with Gasteiger partial charge in [0.1, 0.15) is 22.9 Å². The standard InChI is InChI=1S/C11H13BrFN5O/c1-17-10-8(9(12)16-17)11(15-5-14-10)18-3-6(13)2-7(18)4-19/h5-7,19H,2-4H2,1H3/t6-,7-/m0/s1. The second-order valence-corrected chi connectivity index (χ2v) is 5.38. The number of aryl methyl sites for hydroxylation is 1. The van der Waals surface area contributed by atoms with Crippen LogP contribution in [0.4, 0.5) is 10.2 Å². The Morgan fingerprint density at radius 2 is 2.32 bits per heavy atom. The Bertz CT molecular complexity index is 618. The van der Waals surface area contributed by atoms with E-state index in [2.05, 4.69) is 31.0 Å². The van der Waals surface area contributed by atoms with Crippen LogP contribution in [0.3, 0.4) is 0 Å². The van der Waals surface area contributed by atoms with Crippen LogP contribution in [0, 0.1) is 0 Å². The molecule has 0 bridgehead atoms. The molecule has 8 heteroatoms. The number of fused-ring (bicyclic) bond motifs is 1. The summed E-state index contributed by atoms with van der Waals surface area (Å²) in [6.45, 7) is 0.141. The van der Waals surface area contributed by atoms with E-state index in [-0.39, 0.29) is 19.2 Å². The number of halogens is 2. The van der Waals surface area contributed by atoms with E-state index < -0.39 is 6.17 Å². The maximum Gasteiger partial charge on any atom is 0.164 e. The van der Waals surface area contributed by atoms with Gasteiger partial charge in [-0.05, 0) is 15.9 Å². The SMILES string of the molecule is Cn1nc(Br)c2c(N3C[C@@H](F)C[C@H]3CO)ncnc21. The number of nitrogens with zero attached hydrogens (tertiary/aromatic N) is 5. The van der Waals surface area contributed by atoms with E-state index in [4.69, 9.17) is 0 Å². The molecule has 1 saturated heterocycles. The molecule has 1 N–H and O–H groups in total. The van der Waals surface area contributed by atoms with Crippen LogP contribution in [0.5, 0.6) is 0 Å². The number of alkyl halides is 1. The van der Waals surface area contributed by atoms with Crippen LogP contribution in [-0.4, -0.2) is 50.2 Å². The molecular weight excluding hydrogens is 317 g/mol. The topological polar surface area (TPSA) is 67.1 Å². The fourth-order valence-corrected chi connectivity index (χ4v) is 3.13. The van der Waals surface area contributed by atoms with Crippen molar-refractivity contribution in [2.45, 2.75) is 18.6 Å². The number of hydrogen-bond donors (Lipinski definition) is 1. The van der Waals surface area contributed by atoms with Crippen molar-refractivity contribution in [2.75, 3.05) is 18.1 Å². The predicted octanol–water partition coefficient (Wildman–Crippen LogP) is 1.03. The smallest absolute Gasteiger partial charge is 0.164 e. The summed E-state index contributed by atoms with van der Waals surface area (Å²) in [6, 6.07) is -0.250. The summed E-state index contributed by atoms with van der Waals surface area (Å²) in [5, 5.41) is 14.4. The fraction of sp³-hybridized carbons (Fsp3) is 0.545. The van der Waals surface area contributed by atoms with Gasteiger partial charge in [0, 0.05) is 13.5 Å². The van der Waals surface area contributed by atoms with Gasteiger partial charge in [-0.1, -0.05) is 0 Å². The van der Waals surface area contributed by atoms with Crippen molar-refractivity contribution in [2.24, 2.45) is 7.05 Å². The Balaban J connectivity index is 2.15. The van der Waals surface area contributed by atoms with E-state index >= 15 is 0 Å². The maximum absolute atomic E-state index is 13.6. The lowest BCUT2D eigenvalue weighted by molar-refractivity contribution is 0.255. The third-order valence-corrected chi connectivity index (χ3v) is 3.96. The molecule has 102 valence electrons. The van der Waals surface area contributed by atoms with Crippen molar-refractivity contribution in [3.05, 3.63) is 10.9 Å². The molecule has 3 heterocycles. The molecule has 2 aromatic rings. The molecule has 1 aliphatic heterocycles. The molecule has 0 unspecified atom stereocenters. The number of rotatable bonds is 2. The Hall–Kier alpha value is -1.28. The van der Waals surface area contributed by atoms with Gasteiger partial charge in [0.05, 0.1) is 24.6 Å². The summed E-state index contributed by atoms with van der Waals surface area (Å²) < 4.78 is 15.8. The van der Waals surface area contributed by atoms with E-state index in [0.717, 1.165) is 5.39 Å². The lowest BCUT2D eigenvalue weighted by Crippen LogP contribution is -2.33. The van der Waals surface area contributed by atoms with E-state index in [1.807, 2.05) is 0 Å². The van der Waals surface area contributed by atoms with Gasteiger partial charge in [0.15, 0.2) is 5.65 Å². The number of aliphatic hydroxyl groups is 1. The number of hydrogen-bond acceptors (Lipinski definition) is 5. The highest BCUT2D eigenvalue weighted by atomic mass is 79.9. The van der Waals surface area contributed by atoms with Crippen molar-refractivity contribution in [3.63, 3.8) is 0 Å². The van der Waals surface area contributed by atoms with Gasteiger partial charge >= 0.3 is 0 Å². The van der Waals surface area contributed by atoms with E-state index in [9.17, 15) is 9.50 Å². The van der Waals surface area contributed by atoms with Crippen LogP contribution < -0.4 is 4.90 Å². The molecule has 0 aromatic carbocycles. The van der Waals surface area contributed by atoms with Crippen LogP contribution in [0.2, 0.25) is 0 Å². The van der Waals surface area contributed by atoms with Gasteiger partial charge in [-0.2, -0.15) is 5.10 Å². The third-order valence-electron chi connectivity index (χ3n) is 3.40.